The van der Waals surface area contributed by atoms with Crippen LogP contribution < -0.4 is 0 Å². The first-order valence-corrected chi connectivity index (χ1v) is 4.94. The molecule has 0 amide bonds. The summed E-state index contributed by atoms with van der Waals surface area (Å²) < 4.78 is 0. The monoisotopic (exact) mass is 192 g/mol. The lowest BCUT2D eigenvalue weighted by Crippen LogP contribution is -1.91. The number of carbonyl (C=O) groups is 1. The summed E-state index contributed by atoms with van der Waals surface area (Å²) in [5.74, 6) is 0.0477. The molecular formula is C13H20O. The van der Waals surface area contributed by atoms with Crippen molar-refractivity contribution in [2.24, 2.45) is 0 Å². The first-order valence-electron chi connectivity index (χ1n) is 4.94. The lowest BCUT2D eigenvalue weighted by molar-refractivity contribution is -0.113. The average molecular weight is 192 g/mol. The fraction of sp³-hybridized carbons (Fsp3) is 0.462. The Morgan fingerprint density at radius 2 is 1.79 bits per heavy atom. The standard InChI is InChI=1S/C13H20O/c1-10(2)7-6-8-11(3)9-12(4)13(5)14/h7,9H,4,6,8H2,1-3,5H3. The molecule has 14 heavy (non-hydrogen) atoms. The van der Waals surface area contributed by atoms with Gasteiger partial charge in [-0.1, -0.05) is 29.9 Å². The third-order valence-electron chi connectivity index (χ3n) is 1.96. The summed E-state index contributed by atoms with van der Waals surface area (Å²) >= 11 is 0. The van der Waals surface area contributed by atoms with Crippen LogP contribution in [0.15, 0.2) is 35.5 Å². The second kappa shape index (κ2) is 6.36. The molecule has 0 aromatic rings. The number of ketones is 1. The van der Waals surface area contributed by atoms with Crippen molar-refractivity contribution in [3.63, 3.8) is 0 Å². The second-order valence-corrected chi connectivity index (χ2v) is 3.89. The fourth-order valence-electron chi connectivity index (χ4n) is 1.06. The van der Waals surface area contributed by atoms with E-state index in [0.29, 0.717) is 5.57 Å². The number of carbonyl (C=O) groups excluding carboxylic acids is 1. The largest absolute Gasteiger partial charge is 0.295 e. The predicted molar refractivity (Wildman–Crippen MR) is 62.2 cm³/mol. The van der Waals surface area contributed by atoms with Gasteiger partial charge >= 0.3 is 0 Å². The first-order chi connectivity index (χ1) is 6.43. The Balaban J connectivity index is 4.08. The van der Waals surface area contributed by atoms with Crippen molar-refractivity contribution in [2.75, 3.05) is 0 Å². The van der Waals surface area contributed by atoms with E-state index in [9.17, 15) is 4.79 Å². The van der Waals surface area contributed by atoms with E-state index in [0.717, 1.165) is 12.8 Å². The molecule has 0 aromatic heterocycles. The minimum atomic E-state index is 0.0477. The lowest BCUT2D eigenvalue weighted by atomic mass is 10.1. The van der Waals surface area contributed by atoms with Crippen LogP contribution in [-0.2, 0) is 4.79 Å². The fourth-order valence-corrected chi connectivity index (χ4v) is 1.06. The van der Waals surface area contributed by atoms with Crippen LogP contribution in [0, 0.1) is 0 Å². The van der Waals surface area contributed by atoms with E-state index in [-0.39, 0.29) is 5.78 Å². The Labute approximate surface area is 87.2 Å². The Bertz CT molecular complexity index is 276. The van der Waals surface area contributed by atoms with Crippen molar-refractivity contribution in [2.45, 2.75) is 40.5 Å². The van der Waals surface area contributed by atoms with Gasteiger partial charge in [0.25, 0.3) is 0 Å². The van der Waals surface area contributed by atoms with Gasteiger partial charge in [-0.2, -0.15) is 0 Å². The van der Waals surface area contributed by atoms with Gasteiger partial charge in [-0.05, 0) is 40.5 Å². The molecule has 0 aliphatic carbocycles. The highest BCUT2D eigenvalue weighted by Gasteiger charge is 1.96. The summed E-state index contributed by atoms with van der Waals surface area (Å²) in [4.78, 5) is 10.9. The minimum absolute atomic E-state index is 0.0477. The summed E-state index contributed by atoms with van der Waals surface area (Å²) in [5.41, 5.74) is 3.14. The third kappa shape index (κ3) is 6.41. The summed E-state index contributed by atoms with van der Waals surface area (Å²) in [6.45, 7) is 11.5. The van der Waals surface area contributed by atoms with Crippen molar-refractivity contribution in [3.8, 4) is 0 Å². The zero-order valence-electron chi connectivity index (χ0n) is 9.68. The van der Waals surface area contributed by atoms with Gasteiger partial charge in [0.1, 0.15) is 0 Å². The zero-order valence-corrected chi connectivity index (χ0v) is 9.68. The zero-order chi connectivity index (χ0) is 11.1. The number of hydrogen-bond donors (Lipinski definition) is 0. The van der Waals surface area contributed by atoms with E-state index in [4.69, 9.17) is 0 Å². The number of rotatable bonds is 5. The van der Waals surface area contributed by atoms with Crippen LogP contribution in [-0.4, -0.2) is 5.78 Å². The predicted octanol–water partition coefficient (Wildman–Crippen LogP) is 3.82. The van der Waals surface area contributed by atoms with Crippen LogP contribution in [0.2, 0.25) is 0 Å². The van der Waals surface area contributed by atoms with Gasteiger partial charge < -0.3 is 0 Å². The van der Waals surface area contributed by atoms with Gasteiger partial charge in [0.15, 0.2) is 5.78 Å². The Morgan fingerprint density at radius 1 is 1.21 bits per heavy atom. The molecular weight excluding hydrogens is 172 g/mol. The van der Waals surface area contributed by atoms with E-state index < -0.39 is 0 Å². The van der Waals surface area contributed by atoms with Gasteiger partial charge in [-0.15, -0.1) is 0 Å². The first kappa shape index (κ1) is 12.9. The van der Waals surface area contributed by atoms with Crippen LogP contribution in [0.5, 0.6) is 0 Å². The molecule has 0 aliphatic heterocycles. The topological polar surface area (TPSA) is 17.1 Å². The molecule has 0 saturated heterocycles. The van der Waals surface area contributed by atoms with Gasteiger partial charge in [-0.3, -0.25) is 4.79 Å². The number of Topliss-reactive ketones (excluding diaryl/α,β-unsaturated/α-hetero) is 1. The highest BCUT2D eigenvalue weighted by molar-refractivity contribution is 5.95. The van der Waals surface area contributed by atoms with Gasteiger partial charge in [0.05, 0.1) is 0 Å². The second-order valence-electron chi connectivity index (χ2n) is 3.89. The molecule has 0 radical (unpaired) electrons. The van der Waals surface area contributed by atoms with E-state index in [1.807, 2.05) is 13.0 Å². The number of hydrogen-bond acceptors (Lipinski definition) is 1. The van der Waals surface area contributed by atoms with E-state index in [1.54, 1.807) is 6.92 Å². The molecule has 0 unspecified atom stereocenters. The van der Waals surface area contributed by atoms with E-state index >= 15 is 0 Å². The molecule has 78 valence electrons. The minimum Gasteiger partial charge on any atom is -0.295 e. The molecule has 0 heterocycles. The summed E-state index contributed by atoms with van der Waals surface area (Å²) in [5, 5.41) is 0. The SMILES string of the molecule is C=C(C=C(C)CCC=C(C)C)C(C)=O. The smallest absolute Gasteiger partial charge is 0.159 e. The van der Waals surface area contributed by atoms with Crippen LogP contribution >= 0.6 is 0 Å². The summed E-state index contributed by atoms with van der Waals surface area (Å²) in [6, 6.07) is 0. The van der Waals surface area contributed by atoms with Crippen LogP contribution in [0.4, 0.5) is 0 Å². The van der Waals surface area contributed by atoms with E-state index in [1.165, 1.54) is 11.1 Å². The lowest BCUT2D eigenvalue weighted by Gasteiger charge is -1.99. The Hall–Kier alpha value is -1.11. The molecule has 0 fully saturated rings. The van der Waals surface area contributed by atoms with Crippen molar-refractivity contribution >= 4 is 5.78 Å². The van der Waals surface area contributed by atoms with Crippen molar-refractivity contribution in [1.29, 1.82) is 0 Å². The summed E-state index contributed by atoms with van der Waals surface area (Å²) in [7, 11) is 0. The van der Waals surface area contributed by atoms with Gasteiger partial charge in [0, 0.05) is 5.57 Å². The summed E-state index contributed by atoms with van der Waals surface area (Å²) in [6.07, 6.45) is 6.11. The molecule has 0 rings (SSSR count). The quantitative estimate of drug-likeness (QED) is 0.367. The molecule has 1 heteroatoms. The van der Waals surface area contributed by atoms with Crippen molar-refractivity contribution in [1.82, 2.24) is 0 Å². The highest BCUT2D eigenvalue weighted by Crippen LogP contribution is 2.09. The molecule has 1 nitrogen and oxygen atoms in total. The molecule has 0 aliphatic rings. The maximum Gasteiger partial charge on any atom is 0.159 e. The molecule has 0 aromatic carbocycles. The van der Waals surface area contributed by atoms with Crippen LogP contribution in [0.25, 0.3) is 0 Å². The Kier molecular flexibility index (Phi) is 5.86. The molecule has 0 saturated carbocycles. The van der Waals surface area contributed by atoms with Crippen molar-refractivity contribution < 1.29 is 4.79 Å². The van der Waals surface area contributed by atoms with E-state index in [2.05, 4.69) is 26.5 Å². The molecule has 0 bridgehead atoms. The Morgan fingerprint density at radius 3 is 2.21 bits per heavy atom. The molecule has 0 N–H and O–H groups in total. The van der Waals surface area contributed by atoms with Crippen molar-refractivity contribution in [3.05, 3.63) is 35.5 Å². The average Bonchev–Trinajstić information content (AvgIpc) is 2.02. The normalized spacial score (nSPS) is 11.0. The van der Waals surface area contributed by atoms with Crippen LogP contribution in [0.1, 0.15) is 40.5 Å². The van der Waals surface area contributed by atoms with Gasteiger partial charge in [-0.25, -0.2) is 0 Å². The number of allylic oxidation sites excluding steroid dienone is 5. The van der Waals surface area contributed by atoms with Crippen LogP contribution in [0.3, 0.4) is 0 Å². The molecule has 0 spiro atoms. The highest BCUT2D eigenvalue weighted by atomic mass is 16.1. The van der Waals surface area contributed by atoms with Gasteiger partial charge in [0.2, 0.25) is 0 Å². The maximum atomic E-state index is 10.9. The molecule has 0 atom stereocenters. The third-order valence-corrected chi connectivity index (χ3v) is 1.96. The maximum absolute atomic E-state index is 10.9.